The molecule has 0 saturated heterocycles. The fourth-order valence-corrected chi connectivity index (χ4v) is 2.80. The molecule has 4 heteroatoms. The molecule has 0 spiro atoms. The summed E-state index contributed by atoms with van der Waals surface area (Å²) in [6.07, 6.45) is 4.43. The van der Waals surface area contributed by atoms with Crippen molar-refractivity contribution in [2.75, 3.05) is 7.11 Å². The highest BCUT2D eigenvalue weighted by Gasteiger charge is 2.05. The van der Waals surface area contributed by atoms with Crippen LogP contribution in [0.5, 0.6) is 5.75 Å². The fourth-order valence-electron chi connectivity index (χ4n) is 1.97. The van der Waals surface area contributed by atoms with Gasteiger partial charge in [-0.05, 0) is 29.8 Å². The van der Waals surface area contributed by atoms with Crippen LogP contribution in [-0.2, 0) is 6.42 Å². The Hall–Kier alpha value is -2.20. The van der Waals surface area contributed by atoms with Gasteiger partial charge in [-0.2, -0.15) is 0 Å². The topological polar surface area (TPSA) is 35.0 Å². The zero-order valence-corrected chi connectivity index (χ0v) is 11.9. The van der Waals surface area contributed by atoms with Gasteiger partial charge >= 0.3 is 0 Å². The Kier molecular flexibility index (Phi) is 3.74. The van der Waals surface area contributed by atoms with Gasteiger partial charge in [0.1, 0.15) is 5.75 Å². The predicted molar refractivity (Wildman–Crippen MR) is 81.1 cm³/mol. The van der Waals surface area contributed by atoms with E-state index in [4.69, 9.17) is 4.74 Å². The van der Waals surface area contributed by atoms with E-state index in [0.29, 0.717) is 0 Å². The van der Waals surface area contributed by atoms with E-state index in [1.807, 2.05) is 24.3 Å². The van der Waals surface area contributed by atoms with Crippen molar-refractivity contribution in [2.45, 2.75) is 6.42 Å². The number of nitrogens with zero attached hydrogens (tertiary/aromatic N) is 2. The summed E-state index contributed by atoms with van der Waals surface area (Å²) in [5, 5.41) is 3.20. The third-order valence-electron chi connectivity index (χ3n) is 3.04. The highest BCUT2D eigenvalue weighted by atomic mass is 32.1. The fraction of sp³-hybridized carbons (Fsp3) is 0.125. The van der Waals surface area contributed by atoms with Gasteiger partial charge in [0, 0.05) is 29.8 Å². The van der Waals surface area contributed by atoms with Gasteiger partial charge in [-0.15, -0.1) is 11.3 Å². The lowest BCUT2D eigenvalue weighted by atomic mass is 10.1. The number of ether oxygens (including phenoxy) is 1. The molecule has 0 aliphatic heterocycles. The second-order valence-corrected chi connectivity index (χ2v) is 5.33. The molecule has 0 N–H and O–H groups in total. The number of aromatic nitrogens is 2. The molecule has 1 aromatic carbocycles. The van der Waals surface area contributed by atoms with Crippen LogP contribution >= 0.6 is 11.3 Å². The van der Waals surface area contributed by atoms with Crippen LogP contribution in [0.2, 0.25) is 0 Å². The largest absolute Gasteiger partial charge is 0.497 e. The average molecular weight is 282 g/mol. The monoisotopic (exact) mass is 282 g/mol. The first-order chi connectivity index (χ1) is 9.85. The SMILES string of the molecule is COc1ccc(Cc2nc(-c3ccncc3)cs2)cc1. The molecule has 0 saturated carbocycles. The van der Waals surface area contributed by atoms with Crippen LogP contribution in [0.25, 0.3) is 11.3 Å². The number of pyridine rings is 1. The van der Waals surface area contributed by atoms with E-state index in [-0.39, 0.29) is 0 Å². The summed E-state index contributed by atoms with van der Waals surface area (Å²) in [5.74, 6) is 0.880. The lowest BCUT2D eigenvalue weighted by Crippen LogP contribution is -1.89. The smallest absolute Gasteiger partial charge is 0.118 e. The molecule has 3 nitrogen and oxygen atoms in total. The number of methoxy groups -OCH3 is 1. The minimum Gasteiger partial charge on any atom is -0.497 e. The van der Waals surface area contributed by atoms with Gasteiger partial charge in [0.05, 0.1) is 17.8 Å². The quantitative estimate of drug-likeness (QED) is 0.730. The minimum absolute atomic E-state index is 0.847. The van der Waals surface area contributed by atoms with Crippen LogP contribution in [0.1, 0.15) is 10.6 Å². The van der Waals surface area contributed by atoms with E-state index in [1.54, 1.807) is 30.8 Å². The van der Waals surface area contributed by atoms with Gasteiger partial charge in [-0.1, -0.05) is 12.1 Å². The second-order valence-electron chi connectivity index (χ2n) is 4.39. The Morgan fingerprint density at radius 1 is 1.05 bits per heavy atom. The van der Waals surface area contributed by atoms with E-state index in [1.165, 1.54) is 5.56 Å². The summed E-state index contributed by atoms with van der Waals surface area (Å²) in [6, 6.07) is 12.1. The number of hydrogen-bond acceptors (Lipinski definition) is 4. The zero-order chi connectivity index (χ0) is 13.8. The second kappa shape index (κ2) is 5.84. The number of hydrogen-bond donors (Lipinski definition) is 0. The molecule has 0 amide bonds. The highest BCUT2D eigenvalue weighted by Crippen LogP contribution is 2.23. The molecule has 2 heterocycles. The Balaban J connectivity index is 1.77. The van der Waals surface area contributed by atoms with E-state index in [9.17, 15) is 0 Å². The van der Waals surface area contributed by atoms with Crippen LogP contribution in [0.3, 0.4) is 0 Å². The van der Waals surface area contributed by atoms with Crippen molar-refractivity contribution in [3.8, 4) is 17.0 Å². The third-order valence-corrected chi connectivity index (χ3v) is 3.89. The summed E-state index contributed by atoms with van der Waals surface area (Å²) in [6.45, 7) is 0. The lowest BCUT2D eigenvalue weighted by Gasteiger charge is -2.01. The van der Waals surface area contributed by atoms with E-state index in [2.05, 4.69) is 27.5 Å². The Bertz CT molecular complexity index is 677. The molecule has 2 aromatic heterocycles. The van der Waals surface area contributed by atoms with Gasteiger partial charge in [0.25, 0.3) is 0 Å². The normalized spacial score (nSPS) is 10.4. The maximum absolute atomic E-state index is 5.16. The standard InChI is InChI=1S/C16H14N2OS/c1-19-14-4-2-12(3-5-14)10-16-18-15(11-20-16)13-6-8-17-9-7-13/h2-9,11H,10H2,1H3. The van der Waals surface area contributed by atoms with Crippen molar-refractivity contribution in [3.63, 3.8) is 0 Å². The maximum Gasteiger partial charge on any atom is 0.118 e. The Morgan fingerprint density at radius 3 is 2.50 bits per heavy atom. The van der Waals surface area contributed by atoms with Gasteiger partial charge in [0.2, 0.25) is 0 Å². The van der Waals surface area contributed by atoms with Crippen molar-refractivity contribution in [1.82, 2.24) is 9.97 Å². The van der Waals surface area contributed by atoms with Gasteiger partial charge < -0.3 is 4.74 Å². The first kappa shape index (κ1) is 12.8. The molecule has 0 bridgehead atoms. The van der Waals surface area contributed by atoms with Crippen LogP contribution in [0, 0.1) is 0 Å². The summed E-state index contributed by atoms with van der Waals surface area (Å²) >= 11 is 1.69. The molecule has 0 fully saturated rings. The van der Waals surface area contributed by atoms with Crippen molar-refractivity contribution < 1.29 is 4.74 Å². The van der Waals surface area contributed by atoms with Gasteiger partial charge in [0.15, 0.2) is 0 Å². The van der Waals surface area contributed by atoms with Crippen LogP contribution in [0.4, 0.5) is 0 Å². The van der Waals surface area contributed by atoms with Crippen LogP contribution in [0.15, 0.2) is 54.2 Å². The Labute approximate surface area is 121 Å². The molecule has 0 unspecified atom stereocenters. The lowest BCUT2D eigenvalue weighted by molar-refractivity contribution is 0.414. The van der Waals surface area contributed by atoms with Crippen molar-refractivity contribution >= 4 is 11.3 Å². The van der Waals surface area contributed by atoms with Crippen molar-refractivity contribution in [3.05, 3.63) is 64.7 Å². The number of benzene rings is 1. The predicted octanol–water partition coefficient (Wildman–Crippen LogP) is 3.80. The van der Waals surface area contributed by atoms with Crippen LogP contribution in [-0.4, -0.2) is 17.1 Å². The highest BCUT2D eigenvalue weighted by molar-refractivity contribution is 7.10. The van der Waals surface area contributed by atoms with E-state index in [0.717, 1.165) is 28.4 Å². The van der Waals surface area contributed by atoms with E-state index >= 15 is 0 Å². The first-order valence-electron chi connectivity index (χ1n) is 6.33. The van der Waals surface area contributed by atoms with Crippen molar-refractivity contribution in [2.24, 2.45) is 0 Å². The zero-order valence-electron chi connectivity index (χ0n) is 11.1. The van der Waals surface area contributed by atoms with E-state index < -0.39 is 0 Å². The summed E-state index contributed by atoms with van der Waals surface area (Å²) < 4.78 is 5.16. The molecular weight excluding hydrogens is 268 g/mol. The van der Waals surface area contributed by atoms with Crippen LogP contribution < -0.4 is 4.74 Å². The minimum atomic E-state index is 0.847. The molecular formula is C16H14N2OS. The van der Waals surface area contributed by atoms with Gasteiger partial charge in [-0.25, -0.2) is 4.98 Å². The van der Waals surface area contributed by atoms with Crippen molar-refractivity contribution in [1.29, 1.82) is 0 Å². The molecule has 0 radical (unpaired) electrons. The maximum atomic E-state index is 5.16. The molecule has 100 valence electrons. The number of rotatable bonds is 4. The summed E-state index contributed by atoms with van der Waals surface area (Å²) in [7, 11) is 1.68. The summed E-state index contributed by atoms with van der Waals surface area (Å²) in [4.78, 5) is 8.70. The Morgan fingerprint density at radius 2 is 1.80 bits per heavy atom. The molecule has 0 aliphatic carbocycles. The summed E-state index contributed by atoms with van der Waals surface area (Å²) in [5.41, 5.74) is 3.36. The van der Waals surface area contributed by atoms with Gasteiger partial charge in [-0.3, -0.25) is 4.98 Å². The molecule has 20 heavy (non-hydrogen) atoms. The first-order valence-corrected chi connectivity index (χ1v) is 7.21. The molecule has 0 aliphatic rings. The third kappa shape index (κ3) is 2.86. The molecule has 0 atom stereocenters. The molecule has 3 rings (SSSR count). The number of thiazole rings is 1. The average Bonchev–Trinajstić information content (AvgIpc) is 2.97. The molecule has 3 aromatic rings.